The number of rotatable bonds is 6. The van der Waals surface area contributed by atoms with Crippen molar-refractivity contribution in [1.29, 1.82) is 0 Å². The molecule has 0 fully saturated rings. The molecule has 5 nitrogen and oxygen atoms in total. The zero-order valence-corrected chi connectivity index (χ0v) is 20.2. The van der Waals surface area contributed by atoms with Gasteiger partial charge in [0.15, 0.2) is 6.61 Å². The topological polar surface area (TPSA) is 67.4 Å². The van der Waals surface area contributed by atoms with Crippen LogP contribution in [-0.4, -0.2) is 18.4 Å². The van der Waals surface area contributed by atoms with Gasteiger partial charge in [0.2, 0.25) is 0 Å². The van der Waals surface area contributed by atoms with E-state index < -0.39 is 0 Å². The predicted octanol–water partition coefficient (Wildman–Crippen LogP) is 6.32. The molecule has 0 aromatic heterocycles. The summed E-state index contributed by atoms with van der Waals surface area (Å²) in [5.74, 6) is 0.164. The van der Waals surface area contributed by atoms with Crippen LogP contribution in [0.5, 0.6) is 5.75 Å². The number of ether oxygens (including phenoxy) is 1. The highest BCUT2D eigenvalue weighted by Crippen LogP contribution is 2.31. The molecule has 0 atom stereocenters. The lowest BCUT2D eigenvalue weighted by Gasteiger charge is -2.20. The molecule has 0 saturated carbocycles. The van der Waals surface area contributed by atoms with E-state index in [-0.39, 0.29) is 23.8 Å². The molecule has 0 heterocycles. The average molecular weight is 495 g/mol. The van der Waals surface area contributed by atoms with Gasteiger partial charge in [-0.1, -0.05) is 44.5 Å². The molecule has 2 N–H and O–H groups in total. The summed E-state index contributed by atoms with van der Waals surface area (Å²) in [5, 5.41) is 5.65. The van der Waals surface area contributed by atoms with Gasteiger partial charge in [0, 0.05) is 16.9 Å². The van der Waals surface area contributed by atoms with Gasteiger partial charge in [-0.2, -0.15) is 0 Å². The first-order valence-electron chi connectivity index (χ1n) is 10.3. The van der Waals surface area contributed by atoms with Gasteiger partial charge in [-0.05, 0) is 82.4 Å². The molecule has 3 aromatic rings. The van der Waals surface area contributed by atoms with Crippen molar-refractivity contribution in [3.8, 4) is 5.75 Å². The summed E-state index contributed by atoms with van der Waals surface area (Å²) in [4.78, 5) is 24.6. The molecule has 2 amide bonds. The van der Waals surface area contributed by atoms with Crippen molar-refractivity contribution in [3.63, 3.8) is 0 Å². The summed E-state index contributed by atoms with van der Waals surface area (Å²) in [6.45, 7) is 8.25. The van der Waals surface area contributed by atoms with E-state index in [0.29, 0.717) is 22.7 Å². The van der Waals surface area contributed by atoms with Crippen LogP contribution in [0.1, 0.15) is 42.3 Å². The number of aryl methyl sites for hydroxylation is 1. The minimum Gasteiger partial charge on any atom is -0.483 e. The molecule has 0 aliphatic rings. The van der Waals surface area contributed by atoms with Crippen LogP contribution in [0, 0.1) is 6.92 Å². The summed E-state index contributed by atoms with van der Waals surface area (Å²) in [6, 6.07) is 20.2. The van der Waals surface area contributed by atoms with E-state index in [1.165, 1.54) is 5.56 Å². The maximum atomic E-state index is 12.4. The van der Waals surface area contributed by atoms with Gasteiger partial charge in [-0.25, -0.2) is 0 Å². The number of benzene rings is 3. The molecular weight excluding hydrogens is 468 g/mol. The predicted molar refractivity (Wildman–Crippen MR) is 133 cm³/mol. The molecule has 166 valence electrons. The van der Waals surface area contributed by atoms with Gasteiger partial charge in [-0.15, -0.1) is 0 Å². The molecule has 0 spiro atoms. The Balaban J connectivity index is 1.53. The number of amides is 2. The molecule has 3 aromatic carbocycles. The normalized spacial score (nSPS) is 11.0. The van der Waals surface area contributed by atoms with E-state index >= 15 is 0 Å². The number of nitrogens with one attached hydrogen (secondary N) is 2. The van der Waals surface area contributed by atoms with Gasteiger partial charge >= 0.3 is 0 Å². The van der Waals surface area contributed by atoms with Crippen LogP contribution in [0.3, 0.4) is 0 Å². The maximum Gasteiger partial charge on any atom is 0.262 e. The summed E-state index contributed by atoms with van der Waals surface area (Å²) in [5.41, 5.74) is 4.10. The molecule has 6 heteroatoms. The molecule has 0 radical (unpaired) electrons. The standard InChI is InChI=1S/C26H27BrN2O3/c1-17-6-5-7-18(14-17)25(31)29-21-11-9-20(10-12-21)28-24(30)16-32-23-13-8-19(15-22(23)27)26(2,3)4/h5-15H,16H2,1-4H3,(H,28,30)(H,29,31). The maximum absolute atomic E-state index is 12.4. The third-order valence-corrected chi connectivity index (χ3v) is 5.48. The largest absolute Gasteiger partial charge is 0.483 e. The Morgan fingerprint density at radius 3 is 2.16 bits per heavy atom. The van der Waals surface area contributed by atoms with Crippen molar-refractivity contribution in [1.82, 2.24) is 0 Å². The minimum absolute atomic E-state index is 0.0318. The van der Waals surface area contributed by atoms with Crippen LogP contribution in [0.15, 0.2) is 71.2 Å². The molecule has 0 aliphatic heterocycles. The Morgan fingerprint density at radius 2 is 1.56 bits per heavy atom. The molecule has 0 bridgehead atoms. The Morgan fingerprint density at radius 1 is 0.906 bits per heavy atom. The monoisotopic (exact) mass is 494 g/mol. The third kappa shape index (κ3) is 6.44. The molecule has 0 aliphatic carbocycles. The summed E-state index contributed by atoms with van der Waals surface area (Å²) >= 11 is 3.51. The van der Waals surface area contributed by atoms with Gasteiger partial charge < -0.3 is 15.4 Å². The van der Waals surface area contributed by atoms with Crippen LogP contribution in [0.25, 0.3) is 0 Å². The van der Waals surface area contributed by atoms with Crippen molar-refractivity contribution in [2.45, 2.75) is 33.1 Å². The highest BCUT2D eigenvalue weighted by molar-refractivity contribution is 9.10. The summed E-state index contributed by atoms with van der Waals surface area (Å²) in [6.07, 6.45) is 0. The van der Waals surface area contributed by atoms with E-state index in [2.05, 4.69) is 47.3 Å². The van der Waals surface area contributed by atoms with Crippen LogP contribution in [-0.2, 0) is 10.2 Å². The SMILES string of the molecule is Cc1cccc(C(=O)Nc2ccc(NC(=O)COc3ccc(C(C)(C)C)cc3Br)cc2)c1. The lowest BCUT2D eigenvalue weighted by Crippen LogP contribution is -2.20. The Bertz CT molecular complexity index is 1120. The van der Waals surface area contributed by atoms with E-state index in [1.807, 2.05) is 43.3 Å². The van der Waals surface area contributed by atoms with Crippen LogP contribution >= 0.6 is 15.9 Å². The molecule has 0 saturated heterocycles. The lowest BCUT2D eigenvalue weighted by atomic mass is 9.87. The van der Waals surface area contributed by atoms with E-state index in [4.69, 9.17) is 4.74 Å². The fourth-order valence-corrected chi connectivity index (χ4v) is 3.54. The van der Waals surface area contributed by atoms with Crippen molar-refractivity contribution < 1.29 is 14.3 Å². The highest BCUT2D eigenvalue weighted by atomic mass is 79.9. The van der Waals surface area contributed by atoms with Crippen molar-refractivity contribution in [2.75, 3.05) is 17.2 Å². The second kappa shape index (κ2) is 10.0. The minimum atomic E-state index is -0.270. The van der Waals surface area contributed by atoms with Gasteiger partial charge in [-0.3, -0.25) is 9.59 Å². The van der Waals surface area contributed by atoms with E-state index in [0.717, 1.165) is 10.0 Å². The van der Waals surface area contributed by atoms with Crippen molar-refractivity contribution in [3.05, 3.63) is 87.9 Å². The first kappa shape index (κ1) is 23.5. The van der Waals surface area contributed by atoms with Gasteiger partial charge in [0.1, 0.15) is 5.75 Å². The molecule has 0 unspecified atom stereocenters. The zero-order chi connectivity index (χ0) is 23.3. The van der Waals surface area contributed by atoms with Crippen LogP contribution in [0.2, 0.25) is 0 Å². The Hall–Kier alpha value is -3.12. The van der Waals surface area contributed by atoms with E-state index in [9.17, 15) is 9.59 Å². The average Bonchev–Trinajstić information content (AvgIpc) is 2.73. The highest BCUT2D eigenvalue weighted by Gasteiger charge is 2.16. The molecule has 32 heavy (non-hydrogen) atoms. The number of halogens is 1. The van der Waals surface area contributed by atoms with Gasteiger partial charge in [0.05, 0.1) is 4.47 Å². The quantitative estimate of drug-likeness (QED) is 0.420. The van der Waals surface area contributed by atoms with Crippen LogP contribution < -0.4 is 15.4 Å². The number of anilines is 2. The number of carbonyl (C=O) groups excluding carboxylic acids is 2. The Labute approximate surface area is 197 Å². The fraction of sp³-hybridized carbons (Fsp3) is 0.231. The second-order valence-electron chi connectivity index (χ2n) is 8.63. The van der Waals surface area contributed by atoms with Crippen molar-refractivity contribution in [2.24, 2.45) is 0 Å². The smallest absolute Gasteiger partial charge is 0.262 e. The Kier molecular flexibility index (Phi) is 7.36. The zero-order valence-electron chi connectivity index (χ0n) is 18.7. The molecule has 3 rings (SSSR count). The number of carbonyl (C=O) groups is 2. The number of hydrogen-bond acceptors (Lipinski definition) is 3. The van der Waals surface area contributed by atoms with Crippen molar-refractivity contribution >= 4 is 39.1 Å². The van der Waals surface area contributed by atoms with Gasteiger partial charge in [0.25, 0.3) is 11.8 Å². The summed E-state index contributed by atoms with van der Waals surface area (Å²) < 4.78 is 6.47. The first-order chi connectivity index (χ1) is 15.1. The fourth-order valence-electron chi connectivity index (χ4n) is 3.05. The summed E-state index contributed by atoms with van der Waals surface area (Å²) in [7, 11) is 0. The molecular formula is C26H27BrN2O3. The van der Waals surface area contributed by atoms with Crippen LogP contribution in [0.4, 0.5) is 11.4 Å². The van der Waals surface area contributed by atoms with E-state index in [1.54, 1.807) is 30.3 Å². The third-order valence-electron chi connectivity index (χ3n) is 4.86. The number of hydrogen-bond donors (Lipinski definition) is 2. The first-order valence-corrected chi connectivity index (χ1v) is 11.1. The lowest BCUT2D eigenvalue weighted by molar-refractivity contribution is -0.118. The second-order valence-corrected chi connectivity index (χ2v) is 9.49.